The molecule has 7 nitrogen and oxygen atoms in total. The van der Waals surface area contributed by atoms with E-state index in [1.807, 2.05) is 6.92 Å². The molecule has 5 rings (SSSR count). The number of amides is 1. The molecule has 0 radical (unpaired) electrons. The molecule has 1 atom stereocenters. The predicted molar refractivity (Wildman–Crippen MR) is 145 cm³/mol. The first-order valence-electron chi connectivity index (χ1n) is 12.6. The fourth-order valence-electron chi connectivity index (χ4n) is 4.58. The molecular formula is C31H26FNO6. The van der Waals surface area contributed by atoms with Crippen LogP contribution in [0.25, 0.3) is 11.0 Å². The van der Waals surface area contributed by atoms with Crippen molar-refractivity contribution in [2.45, 2.75) is 25.8 Å². The Labute approximate surface area is 224 Å². The van der Waals surface area contributed by atoms with Gasteiger partial charge in [0.25, 0.3) is 5.91 Å². The molecule has 1 aromatic heterocycles. The second kappa shape index (κ2) is 10.9. The van der Waals surface area contributed by atoms with Gasteiger partial charge in [0, 0.05) is 5.69 Å². The van der Waals surface area contributed by atoms with Gasteiger partial charge in [0.05, 0.1) is 29.2 Å². The maximum absolute atomic E-state index is 14.0. The van der Waals surface area contributed by atoms with Crippen LogP contribution in [0.15, 0.2) is 88.6 Å². The Morgan fingerprint density at radius 2 is 1.82 bits per heavy atom. The molecule has 1 aliphatic heterocycles. The number of carbonyl (C=O) groups is 2. The zero-order chi connectivity index (χ0) is 27.5. The highest BCUT2D eigenvalue weighted by Gasteiger charge is 2.43. The topological polar surface area (TPSA) is 86.0 Å². The molecule has 1 aliphatic rings. The number of unbranched alkanes of at least 4 members (excludes halogenated alkanes) is 1. The van der Waals surface area contributed by atoms with Gasteiger partial charge in [0.1, 0.15) is 23.8 Å². The molecule has 0 aliphatic carbocycles. The van der Waals surface area contributed by atoms with Crippen molar-refractivity contribution in [2.75, 3.05) is 18.1 Å². The van der Waals surface area contributed by atoms with Gasteiger partial charge in [-0.25, -0.2) is 9.18 Å². The van der Waals surface area contributed by atoms with Crippen molar-refractivity contribution < 1.29 is 27.9 Å². The van der Waals surface area contributed by atoms with Gasteiger partial charge >= 0.3 is 5.97 Å². The first-order valence-corrected chi connectivity index (χ1v) is 12.6. The fourth-order valence-corrected chi connectivity index (χ4v) is 4.58. The van der Waals surface area contributed by atoms with Gasteiger partial charge in [-0.1, -0.05) is 38.1 Å². The summed E-state index contributed by atoms with van der Waals surface area (Å²) in [6.45, 7) is 6.30. The average Bonchev–Trinajstić information content (AvgIpc) is 3.25. The molecule has 39 heavy (non-hydrogen) atoms. The van der Waals surface area contributed by atoms with E-state index in [1.54, 1.807) is 54.6 Å². The number of hydrogen-bond acceptors (Lipinski definition) is 6. The Morgan fingerprint density at radius 3 is 2.51 bits per heavy atom. The van der Waals surface area contributed by atoms with Crippen LogP contribution in [0.2, 0.25) is 0 Å². The lowest BCUT2D eigenvalue weighted by Crippen LogP contribution is -2.29. The lowest BCUT2D eigenvalue weighted by molar-refractivity contribution is 0.0499. The Hall–Kier alpha value is -4.72. The standard InChI is InChI=1S/C31H26FNO6/c1-3-5-17-38-31(36)20-6-11-22(12-7-20)33-27(19-8-13-23(14-9-19)37-16-4-2)26-28(34)24-18-21(32)10-15-25(24)39-29(26)30(33)35/h4,6-15,18,27H,2-3,5,16-17H2,1H3. The minimum atomic E-state index is -0.854. The van der Waals surface area contributed by atoms with E-state index in [0.717, 1.165) is 18.9 Å². The van der Waals surface area contributed by atoms with E-state index < -0.39 is 29.2 Å². The molecule has 1 amide bonds. The molecule has 0 fully saturated rings. The number of hydrogen-bond donors (Lipinski definition) is 0. The Bertz CT molecular complexity index is 1610. The maximum Gasteiger partial charge on any atom is 0.338 e. The van der Waals surface area contributed by atoms with E-state index in [1.165, 1.54) is 17.0 Å². The van der Waals surface area contributed by atoms with Gasteiger partial charge in [0.15, 0.2) is 5.43 Å². The summed E-state index contributed by atoms with van der Waals surface area (Å²) in [5.41, 5.74) is 1.15. The van der Waals surface area contributed by atoms with Crippen LogP contribution in [0.5, 0.6) is 5.75 Å². The Kier molecular flexibility index (Phi) is 7.27. The number of nitrogens with zero attached hydrogens (tertiary/aromatic N) is 1. The molecule has 0 bridgehead atoms. The molecule has 198 valence electrons. The molecule has 1 unspecified atom stereocenters. The number of anilines is 1. The lowest BCUT2D eigenvalue weighted by Gasteiger charge is -2.25. The van der Waals surface area contributed by atoms with Crippen LogP contribution in [0.1, 0.15) is 57.8 Å². The average molecular weight is 528 g/mol. The molecular weight excluding hydrogens is 501 g/mol. The second-order valence-corrected chi connectivity index (χ2v) is 9.10. The molecule has 0 N–H and O–H groups in total. The quantitative estimate of drug-likeness (QED) is 0.146. The van der Waals surface area contributed by atoms with Gasteiger partial charge in [0.2, 0.25) is 5.76 Å². The SMILES string of the molecule is C=CCOc1ccc(C2c3c(oc4ccc(F)cc4c3=O)C(=O)N2c2ccc(C(=O)OCCCC)cc2)cc1. The number of fused-ring (bicyclic) bond motifs is 2. The van der Waals surface area contributed by atoms with Crippen molar-refractivity contribution in [3.63, 3.8) is 0 Å². The number of rotatable bonds is 9. The van der Waals surface area contributed by atoms with E-state index >= 15 is 0 Å². The highest BCUT2D eigenvalue weighted by atomic mass is 19.1. The first kappa shape index (κ1) is 25.9. The molecule has 8 heteroatoms. The van der Waals surface area contributed by atoms with Crippen molar-refractivity contribution in [2.24, 2.45) is 0 Å². The van der Waals surface area contributed by atoms with E-state index in [4.69, 9.17) is 13.9 Å². The normalized spacial score (nSPS) is 14.4. The third kappa shape index (κ3) is 4.93. The summed E-state index contributed by atoms with van der Waals surface area (Å²) < 4.78 is 30.8. The van der Waals surface area contributed by atoms with Crippen LogP contribution in [0.3, 0.4) is 0 Å². The summed E-state index contributed by atoms with van der Waals surface area (Å²) in [6, 6.07) is 16.1. The second-order valence-electron chi connectivity index (χ2n) is 9.10. The maximum atomic E-state index is 14.0. The molecule has 3 aromatic carbocycles. The number of esters is 1. The van der Waals surface area contributed by atoms with Crippen LogP contribution in [-0.4, -0.2) is 25.1 Å². The van der Waals surface area contributed by atoms with Gasteiger partial charge in [-0.05, 0) is 66.6 Å². The van der Waals surface area contributed by atoms with Crippen LogP contribution < -0.4 is 15.1 Å². The van der Waals surface area contributed by atoms with Crippen molar-refractivity contribution >= 4 is 28.5 Å². The highest BCUT2D eigenvalue weighted by Crippen LogP contribution is 2.41. The van der Waals surface area contributed by atoms with Crippen molar-refractivity contribution in [1.82, 2.24) is 0 Å². The minimum Gasteiger partial charge on any atom is -0.490 e. The number of benzene rings is 3. The molecule has 4 aromatic rings. The first-order chi connectivity index (χ1) is 18.9. The van der Waals surface area contributed by atoms with E-state index in [9.17, 15) is 18.8 Å². The summed E-state index contributed by atoms with van der Waals surface area (Å²) in [5, 5.41) is 0.0458. The lowest BCUT2D eigenvalue weighted by atomic mass is 9.98. The van der Waals surface area contributed by atoms with E-state index in [-0.39, 0.29) is 22.3 Å². The van der Waals surface area contributed by atoms with Gasteiger partial charge in [-0.15, -0.1) is 0 Å². The van der Waals surface area contributed by atoms with Crippen molar-refractivity contribution in [1.29, 1.82) is 0 Å². The van der Waals surface area contributed by atoms with Gasteiger partial charge in [-0.2, -0.15) is 0 Å². The largest absolute Gasteiger partial charge is 0.490 e. The van der Waals surface area contributed by atoms with Crippen LogP contribution >= 0.6 is 0 Å². The Balaban J connectivity index is 1.59. The number of ether oxygens (including phenoxy) is 2. The summed E-state index contributed by atoms with van der Waals surface area (Å²) >= 11 is 0. The van der Waals surface area contributed by atoms with Crippen LogP contribution in [0.4, 0.5) is 10.1 Å². The van der Waals surface area contributed by atoms with Crippen LogP contribution in [0, 0.1) is 5.82 Å². The van der Waals surface area contributed by atoms with Crippen molar-refractivity contribution in [3.05, 3.63) is 118 Å². The molecule has 0 saturated heterocycles. The summed E-state index contributed by atoms with van der Waals surface area (Å²) in [4.78, 5) is 41.2. The smallest absolute Gasteiger partial charge is 0.338 e. The Morgan fingerprint density at radius 1 is 1.08 bits per heavy atom. The highest BCUT2D eigenvalue weighted by molar-refractivity contribution is 6.10. The zero-order valence-electron chi connectivity index (χ0n) is 21.3. The third-order valence-electron chi connectivity index (χ3n) is 6.51. The van der Waals surface area contributed by atoms with Crippen molar-refractivity contribution in [3.8, 4) is 5.75 Å². The van der Waals surface area contributed by atoms with E-state index in [2.05, 4.69) is 6.58 Å². The molecule has 0 spiro atoms. The fraction of sp³-hybridized carbons (Fsp3) is 0.194. The summed E-state index contributed by atoms with van der Waals surface area (Å²) in [6.07, 6.45) is 3.30. The molecule has 2 heterocycles. The summed E-state index contributed by atoms with van der Waals surface area (Å²) in [5.74, 6) is -1.09. The van der Waals surface area contributed by atoms with Crippen LogP contribution in [-0.2, 0) is 4.74 Å². The van der Waals surface area contributed by atoms with E-state index in [0.29, 0.717) is 35.8 Å². The number of carbonyl (C=O) groups excluding carboxylic acids is 2. The molecule has 0 saturated carbocycles. The zero-order valence-corrected chi connectivity index (χ0v) is 21.3. The third-order valence-corrected chi connectivity index (χ3v) is 6.51. The predicted octanol–water partition coefficient (Wildman–Crippen LogP) is 6.20. The van der Waals surface area contributed by atoms with Gasteiger partial charge in [-0.3, -0.25) is 14.5 Å². The van der Waals surface area contributed by atoms with Gasteiger partial charge < -0.3 is 13.9 Å². The summed E-state index contributed by atoms with van der Waals surface area (Å²) in [7, 11) is 0. The minimum absolute atomic E-state index is 0.0458. The number of halogens is 1. The monoisotopic (exact) mass is 527 g/mol.